The smallest absolute Gasteiger partial charge is 0.265 e. The number of nitrogens with one attached hydrogen (secondary N) is 1. The molecule has 0 saturated carbocycles. The number of hydrogen-bond acceptors (Lipinski definition) is 4. The summed E-state index contributed by atoms with van der Waals surface area (Å²) in [6, 6.07) is 6.58. The fourth-order valence-electron chi connectivity index (χ4n) is 1.48. The van der Waals surface area contributed by atoms with E-state index in [1.165, 1.54) is 17.1 Å². The van der Waals surface area contributed by atoms with Crippen LogP contribution in [0.25, 0.3) is 0 Å². The molecule has 0 aliphatic carbocycles. The van der Waals surface area contributed by atoms with Gasteiger partial charge < -0.3 is 5.11 Å². The highest BCUT2D eigenvalue weighted by Crippen LogP contribution is 2.16. The lowest BCUT2D eigenvalue weighted by molar-refractivity contribution is 0.282. The Bertz CT molecular complexity index is 649. The molecule has 2 rings (SSSR count). The Morgan fingerprint density at radius 2 is 2.22 bits per heavy atom. The van der Waals surface area contributed by atoms with Crippen molar-refractivity contribution in [3.8, 4) is 0 Å². The first-order valence-corrected chi connectivity index (χ1v) is 6.71. The number of anilines is 1. The van der Waals surface area contributed by atoms with Gasteiger partial charge in [-0.25, -0.2) is 8.42 Å². The summed E-state index contributed by atoms with van der Waals surface area (Å²) >= 11 is 0. The van der Waals surface area contributed by atoms with Crippen molar-refractivity contribution in [3.05, 3.63) is 42.2 Å². The van der Waals surface area contributed by atoms with Crippen LogP contribution in [-0.2, 0) is 23.7 Å². The van der Waals surface area contributed by atoms with Gasteiger partial charge in [-0.1, -0.05) is 12.1 Å². The number of aliphatic hydroxyl groups excluding tert-OH is 1. The van der Waals surface area contributed by atoms with E-state index in [4.69, 9.17) is 5.11 Å². The minimum Gasteiger partial charge on any atom is -0.392 e. The van der Waals surface area contributed by atoms with E-state index in [0.717, 1.165) is 0 Å². The highest BCUT2D eigenvalue weighted by Gasteiger charge is 2.16. The molecule has 1 heterocycles. The van der Waals surface area contributed by atoms with Gasteiger partial charge >= 0.3 is 0 Å². The maximum atomic E-state index is 12.0. The van der Waals surface area contributed by atoms with E-state index in [-0.39, 0.29) is 11.5 Å². The topological polar surface area (TPSA) is 84.2 Å². The van der Waals surface area contributed by atoms with Gasteiger partial charge in [-0.15, -0.1) is 0 Å². The Balaban J connectivity index is 2.27. The van der Waals surface area contributed by atoms with Gasteiger partial charge in [0.2, 0.25) is 0 Å². The summed E-state index contributed by atoms with van der Waals surface area (Å²) in [5.74, 6) is 0. The van der Waals surface area contributed by atoms with Crippen molar-refractivity contribution in [1.29, 1.82) is 0 Å². The highest BCUT2D eigenvalue weighted by atomic mass is 32.2. The molecule has 0 spiro atoms. The Morgan fingerprint density at radius 1 is 1.44 bits per heavy atom. The van der Waals surface area contributed by atoms with Gasteiger partial charge in [0.05, 0.1) is 12.8 Å². The van der Waals surface area contributed by atoms with Crippen molar-refractivity contribution in [2.45, 2.75) is 11.5 Å². The number of aromatic nitrogens is 2. The molecule has 2 aromatic rings. The summed E-state index contributed by atoms with van der Waals surface area (Å²) in [5, 5.41) is 12.8. The average molecular weight is 267 g/mol. The second-order valence-corrected chi connectivity index (χ2v) is 5.50. The molecule has 1 aromatic heterocycles. The summed E-state index contributed by atoms with van der Waals surface area (Å²) in [5.41, 5.74) is 1.05. The Morgan fingerprint density at radius 3 is 2.83 bits per heavy atom. The Labute approximate surface area is 105 Å². The van der Waals surface area contributed by atoms with Gasteiger partial charge in [0.25, 0.3) is 10.0 Å². The lowest BCUT2D eigenvalue weighted by Gasteiger charge is -2.07. The number of hydrogen-bond donors (Lipinski definition) is 2. The van der Waals surface area contributed by atoms with E-state index in [9.17, 15) is 8.42 Å². The number of aryl methyl sites for hydroxylation is 1. The zero-order valence-electron chi connectivity index (χ0n) is 9.74. The van der Waals surface area contributed by atoms with Gasteiger partial charge in [-0.3, -0.25) is 9.40 Å². The van der Waals surface area contributed by atoms with Crippen molar-refractivity contribution in [3.63, 3.8) is 0 Å². The van der Waals surface area contributed by atoms with Crippen LogP contribution in [0.3, 0.4) is 0 Å². The molecule has 0 atom stereocenters. The quantitative estimate of drug-likeness (QED) is 0.854. The molecular weight excluding hydrogens is 254 g/mol. The molecule has 96 valence electrons. The van der Waals surface area contributed by atoms with Crippen LogP contribution >= 0.6 is 0 Å². The van der Waals surface area contributed by atoms with E-state index in [1.54, 1.807) is 31.3 Å². The molecule has 7 heteroatoms. The Kier molecular flexibility index (Phi) is 3.35. The number of rotatable bonds is 4. The van der Waals surface area contributed by atoms with Crippen LogP contribution in [0.1, 0.15) is 5.56 Å². The number of aliphatic hydroxyl groups is 1. The van der Waals surface area contributed by atoms with Gasteiger partial charge in [0.1, 0.15) is 4.90 Å². The standard InChI is InChI=1S/C11H13N3O3S/c1-14-7-11(6-12-14)18(16,17)13-10-4-2-3-9(5-10)8-15/h2-7,13,15H,8H2,1H3. The summed E-state index contributed by atoms with van der Waals surface area (Å²) in [7, 11) is -1.99. The van der Waals surface area contributed by atoms with Gasteiger partial charge in [-0.2, -0.15) is 5.10 Å². The first-order valence-electron chi connectivity index (χ1n) is 5.22. The molecule has 1 aromatic carbocycles. The Hall–Kier alpha value is -1.86. The average Bonchev–Trinajstić information content (AvgIpc) is 2.76. The maximum absolute atomic E-state index is 12.0. The molecule has 0 aliphatic heterocycles. The van der Waals surface area contributed by atoms with Crippen molar-refractivity contribution in [2.75, 3.05) is 4.72 Å². The van der Waals surface area contributed by atoms with E-state index in [2.05, 4.69) is 9.82 Å². The normalized spacial score (nSPS) is 11.4. The van der Waals surface area contributed by atoms with Crippen molar-refractivity contribution in [1.82, 2.24) is 9.78 Å². The van der Waals surface area contributed by atoms with Crippen LogP contribution in [-0.4, -0.2) is 23.3 Å². The van der Waals surface area contributed by atoms with E-state index < -0.39 is 10.0 Å². The van der Waals surface area contributed by atoms with Crippen molar-refractivity contribution < 1.29 is 13.5 Å². The minimum atomic E-state index is -3.63. The van der Waals surface area contributed by atoms with Crippen LogP contribution in [0.4, 0.5) is 5.69 Å². The monoisotopic (exact) mass is 267 g/mol. The molecule has 6 nitrogen and oxygen atoms in total. The van der Waals surface area contributed by atoms with Gasteiger partial charge in [-0.05, 0) is 17.7 Å². The first-order chi connectivity index (χ1) is 8.51. The maximum Gasteiger partial charge on any atom is 0.265 e. The fraction of sp³-hybridized carbons (Fsp3) is 0.182. The molecule has 2 N–H and O–H groups in total. The van der Waals surface area contributed by atoms with Crippen LogP contribution in [0.5, 0.6) is 0 Å². The summed E-state index contributed by atoms with van der Waals surface area (Å²) in [4.78, 5) is 0.0967. The molecular formula is C11H13N3O3S. The van der Waals surface area contributed by atoms with Crippen molar-refractivity contribution in [2.24, 2.45) is 7.05 Å². The van der Waals surface area contributed by atoms with Crippen LogP contribution < -0.4 is 4.72 Å². The molecule has 0 unspecified atom stereocenters. The lowest BCUT2D eigenvalue weighted by atomic mass is 10.2. The molecule has 0 amide bonds. The number of benzene rings is 1. The van der Waals surface area contributed by atoms with Gasteiger partial charge in [0, 0.05) is 18.9 Å². The minimum absolute atomic E-state index is 0.0967. The molecule has 0 saturated heterocycles. The molecule has 0 bridgehead atoms. The fourth-order valence-corrected chi connectivity index (χ4v) is 2.52. The lowest BCUT2D eigenvalue weighted by Crippen LogP contribution is -2.12. The van der Waals surface area contributed by atoms with E-state index >= 15 is 0 Å². The zero-order valence-corrected chi connectivity index (χ0v) is 10.6. The SMILES string of the molecule is Cn1cc(S(=O)(=O)Nc2cccc(CO)c2)cn1. The second kappa shape index (κ2) is 4.79. The molecule has 0 fully saturated rings. The summed E-state index contributed by atoms with van der Waals surface area (Å²) in [6.45, 7) is -0.136. The third-order valence-electron chi connectivity index (χ3n) is 2.35. The highest BCUT2D eigenvalue weighted by molar-refractivity contribution is 7.92. The first kappa shape index (κ1) is 12.6. The largest absolute Gasteiger partial charge is 0.392 e. The van der Waals surface area contributed by atoms with Gasteiger partial charge in [0.15, 0.2) is 0 Å². The van der Waals surface area contributed by atoms with Crippen LogP contribution in [0, 0.1) is 0 Å². The summed E-state index contributed by atoms with van der Waals surface area (Å²) in [6.07, 6.45) is 2.69. The van der Waals surface area contributed by atoms with E-state index in [1.807, 2.05) is 0 Å². The van der Waals surface area contributed by atoms with Crippen molar-refractivity contribution >= 4 is 15.7 Å². The summed E-state index contributed by atoms with van der Waals surface area (Å²) < 4.78 is 27.8. The third kappa shape index (κ3) is 2.69. The predicted octanol–water partition coefficient (Wildman–Crippen LogP) is 0.713. The predicted molar refractivity (Wildman–Crippen MR) is 66.4 cm³/mol. The van der Waals surface area contributed by atoms with Crippen LogP contribution in [0.15, 0.2) is 41.6 Å². The number of nitrogens with zero attached hydrogens (tertiary/aromatic N) is 2. The van der Waals surface area contributed by atoms with E-state index in [0.29, 0.717) is 11.3 Å². The molecule has 0 radical (unpaired) electrons. The molecule has 18 heavy (non-hydrogen) atoms. The van der Waals surface area contributed by atoms with Crippen LogP contribution in [0.2, 0.25) is 0 Å². The number of sulfonamides is 1. The second-order valence-electron chi connectivity index (χ2n) is 3.81. The molecule has 0 aliphatic rings. The third-order valence-corrected chi connectivity index (χ3v) is 3.69. The zero-order chi connectivity index (χ0) is 13.2.